The summed E-state index contributed by atoms with van der Waals surface area (Å²) < 4.78 is 2.08. The molecule has 2 aromatic carbocycles. The molecule has 8 nitrogen and oxygen atoms in total. The molecular weight excluding hydrogens is 486 g/mol. The van der Waals surface area contributed by atoms with E-state index in [1.54, 1.807) is 0 Å². The van der Waals surface area contributed by atoms with Gasteiger partial charge in [-0.1, -0.05) is 12.1 Å². The zero-order chi connectivity index (χ0) is 24.5. The van der Waals surface area contributed by atoms with Crippen molar-refractivity contribution in [3.05, 3.63) is 66.2 Å². The Morgan fingerprint density at radius 1 is 1.08 bits per heavy atom. The van der Waals surface area contributed by atoms with E-state index in [1.165, 1.54) is 12.8 Å². The maximum Gasteiger partial charge on any atom is 0.255 e. The van der Waals surface area contributed by atoms with E-state index in [-0.39, 0.29) is 18.3 Å². The SMILES string of the molecule is C[C@H]1CCCN1Cc1nc2cc(NC(=O)c3ccc(-c4cnn(C5CCNCC5)c4)cc3)ccc2[nH]1.Cl. The Morgan fingerprint density at radius 2 is 1.89 bits per heavy atom. The van der Waals surface area contributed by atoms with Crippen LogP contribution in [0.5, 0.6) is 0 Å². The molecule has 4 aromatic rings. The summed E-state index contributed by atoms with van der Waals surface area (Å²) >= 11 is 0. The quantitative estimate of drug-likeness (QED) is 0.333. The molecule has 6 rings (SSSR count). The molecule has 194 valence electrons. The number of hydrogen-bond donors (Lipinski definition) is 3. The molecule has 0 radical (unpaired) electrons. The number of anilines is 1. The van der Waals surface area contributed by atoms with Crippen LogP contribution in [0, 0.1) is 0 Å². The van der Waals surface area contributed by atoms with Crippen LogP contribution in [0.25, 0.3) is 22.2 Å². The van der Waals surface area contributed by atoms with E-state index in [9.17, 15) is 4.79 Å². The van der Waals surface area contributed by atoms with Crippen LogP contribution in [0.3, 0.4) is 0 Å². The summed E-state index contributed by atoms with van der Waals surface area (Å²) in [6.07, 6.45) is 8.73. The van der Waals surface area contributed by atoms with E-state index in [0.29, 0.717) is 17.6 Å². The van der Waals surface area contributed by atoms with E-state index in [2.05, 4.69) is 43.4 Å². The number of piperidine rings is 1. The third kappa shape index (κ3) is 5.56. The molecule has 2 saturated heterocycles. The van der Waals surface area contributed by atoms with Gasteiger partial charge in [0, 0.05) is 29.1 Å². The number of rotatable bonds is 6. The summed E-state index contributed by atoms with van der Waals surface area (Å²) in [6.45, 7) is 6.31. The number of carbonyl (C=O) groups excluding carboxylic acids is 1. The highest BCUT2D eigenvalue weighted by Crippen LogP contribution is 2.25. The van der Waals surface area contributed by atoms with Crippen molar-refractivity contribution in [3.8, 4) is 11.1 Å². The Bertz CT molecular complexity index is 1360. The van der Waals surface area contributed by atoms with Gasteiger partial charge in [-0.3, -0.25) is 14.4 Å². The van der Waals surface area contributed by atoms with Crippen LogP contribution in [0.2, 0.25) is 0 Å². The molecule has 0 aliphatic carbocycles. The fraction of sp³-hybridized carbons (Fsp3) is 0.393. The number of amides is 1. The van der Waals surface area contributed by atoms with E-state index < -0.39 is 0 Å². The molecule has 1 atom stereocenters. The predicted molar refractivity (Wildman–Crippen MR) is 149 cm³/mol. The third-order valence-corrected chi connectivity index (χ3v) is 7.60. The monoisotopic (exact) mass is 519 g/mol. The van der Waals surface area contributed by atoms with Gasteiger partial charge in [0.2, 0.25) is 0 Å². The van der Waals surface area contributed by atoms with Gasteiger partial charge in [-0.15, -0.1) is 12.4 Å². The number of fused-ring (bicyclic) bond motifs is 1. The summed E-state index contributed by atoms with van der Waals surface area (Å²) in [4.78, 5) is 23.6. The Kier molecular flexibility index (Phi) is 7.60. The number of aromatic nitrogens is 4. The average Bonchev–Trinajstić information content (AvgIpc) is 3.65. The molecule has 2 aliphatic rings. The maximum atomic E-state index is 12.9. The third-order valence-electron chi connectivity index (χ3n) is 7.60. The number of nitrogens with zero attached hydrogens (tertiary/aromatic N) is 4. The van der Waals surface area contributed by atoms with Gasteiger partial charge in [-0.25, -0.2) is 4.98 Å². The van der Waals surface area contributed by atoms with Crippen molar-refractivity contribution in [2.24, 2.45) is 0 Å². The van der Waals surface area contributed by atoms with Gasteiger partial charge in [0.05, 0.1) is 29.8 Å². The summed E-state index contributed by atoms with van der Waals surface area (Å²) in [5.74, 6) is 0.842. The lowest BCUT2D eigenvalue weighted by Crippen LogP contribution is -2.29. The van der Waals surface area contributed by atoms with Crippen LogP contribution in [0.4, 0.5) is 5.69 Å². The number of hydrogen-bond acceptors (Lipinski definition) is 5. The molecule has 9 heteroatoms. The molecule has 2 aromatic heterocycles. The van der Waals surface area contributed by atoms with Crippen LogP contribution in [-0.2, 0) is 6.54 Å². The van der Waals surface area contributed by atoms with Crippen molar-refractivity contribution in [1.82, 2.24) is 30.0 Å². The zero-order valence-electron chi connectivity index (χ0n) is 21.1. The number of likely N-dealkylation sites (tertiary alicyclic amines) is 1. The van der Waals surface area contributed by atoms with Crippen molar-refractivity contribution in [2.75, 3.05) is 25.0 Å². The highest BCUT2D eigenvalue weighted by Gasteiger charge is 2.21. The first-order valence-corrected chi connectivity index (χ1v) is 13.0. The van der Waals surface area contributed by atoms with Gasteiger partial charge >= 0.3 is 0 Å². The summed E-state index contributed by atoms with van der Waals surface area (Å²) in [7, 11) is 0. The number of imidazole rings is 1. The van der Waals surface area contributed by atoms with Crippen molar-refractivity contribution in [3.63, 3.8) is 0 Å². The van der Waals surface area contributed by atoms with Gasteiger partial charge in [-0.05, 0) is 88.1 Å². The average molecular weight is 520 g/mol. The molecule has 2 fully saturated rings. The molecule has 2 aliphatic heterocycles. The number of H-pyrrole nitrogens is 1. The second-order valence-corrected chi connectivity index (χ2v) is 10.1. The molecule has 0 spiro atoms. The molecule has 4 heterocycles. The maximum absolute atomic E-state index is 12.9. The molecular formula is C28H34ClN7O. The first kappa shape index (κ1) is 25.4. The van der Waals surface area contributed by atoms with Crippen LogP contribution in [-0.4, -0.2) is 56.2 Å². The van der Waals surface area contributed by atoms with Crippen molar-refractivity contribution in [2.45, 2.75) is 51.2 Å². The van der Waals surface area contributed by atoms with E-state index in [0.717, 1.165) is 72.7 Å². The second-order valence-electron chi connectivity index (χ2n) is 10.1. The minimum Gasteiger partial charge on any atom is -0.341 e. The standard InChI is InChI=1S/C28H33N7O.ClH/c1-19-3-2-14-34(19)18-27-32-25-9-8-23(15-26(25)33-27)31-28(36)21-6-4-20(5-7-21)22-16-30-35(17-22)24-10-12-29-13-11-24;/h4-9,15-17,19,24,29H,2-3,10-14,18H2,1H3,(H,31,36)(H,32,33);1H/t19-;/m0./s1. The van der Waals surface area contributed by atoms with Crippen molar-refractivity contribution in [1.29, 1.82) is 0 Å². The Labute approximate surface area is 223 Å². The van der Waals surface area contributed by atoms with Crippen LogP contribution >= 0.6 is 12.4 Å². The van der Waals surface area contributed by atoms with Gasteiger partial charge in [0.25, 0.3) is 5.91 Å². The number of nitrogens with one attached hydrogen (secondary N) is 3. The molecule has 37 heavy (non-hydrogen) atoms. The fourth-order valence-electron chi connectivity index (χ4n) is 5.41. The summed E-state index contributed by atoms with van der Waals surface area (Å²) in [5.41, 5.74) is 5.36. The molecule has 0 bridgehead atoms. The van der Waals surface area contributed by atoms with Crippen LogP contribution in [0.15, 0.2) is 54.9 Å². The molecule has 3 N–H and O–H groups in total. The van der Waals surface area contributed by atoms with Gasteiger partial charge in [-0.2, -0.15) is 5.10 Å². The lowest BCUT2D eigenvalue weighted by Gasteiger charge is -2.22. The number of carbonyl (C=O) groups is 1. The minimum atomic E-state index is -0.132. The Balaban J connectivity index is 0.00000280. The first-order chi connectivity index (χ1) is 17.6. The highest BCUT2D eigenvalue weighted by molar-refractivity contribution is 6.05. The van der Waals surface area contributed by atoms with Gasteiger partial charge in [0.1, 0.15) is 5.82 Å². The Morgan fingerprint density at radius 3 is 2.65 bits per heavy atom. The minimum absolute atomic E-state index is 0. The topological polar surface area (TPSA) is 90.9 Å². The van der Waals surface area contributed by atoms with Gasteiger partial charge < -0.3 is 15.6 Å². The number of aromatic amines is 1. The van der Waals surface area contributed by atoms with Gasteiger partial charge in [0.15, 0.2) is 0 Å². The predicted octanol–water partition coefficient (Wildman–Crippen LogP) is 5.01. The second kappa shape index (κ2) is 11.0. The normalized spacial score (nSPS) is 18.7. The number of halogens is 1. The van der Waals surface area contributed by atoms with Crippen LogP contribution in [0.1, 0.15) is 54.8 Å². The molecule has 1 amide bonds. The summed E-state index contributed by atoms with van der Waals surface area (Å²) in [5, 5.41) is 11.0. The lowest BCUT2D eigenvalue weighted by molar-refractivity contribution is 0.102. The van der Waals surface area contributed by atoms with Crippen molar-refractivity contribution < 1.29 is 4.79 Å². The van der Waals surface area contributed by atoms with E-state index in [4.69, 9.17) is 4.98 Å². The zero-order valence-corrected chi connectivity index (χ0v) is 21.9. The van der Waals surface area contributed by atoms with E-state index >= 15 is 0 Å². The number of benzene rings is 2. The van der Waals surface area contributed by atoms with Crippen LogP contribution < -0.4 is 10.6 Å². The molecule has 0 saturated carbocycles. The largest absolute Gasteiger partial charge is 0.341 e. The smallest absolute Gasteiger partial charge is 0.255 e. The highest BCUT2D eigenvalue weighted by atomic mass is 35.5. The van der Waals surface area contributed by atoms with Crippen molar-refractivity contribution >= 4 is 35.0 Å². The summed E-state index contributed by atoms with van der Waals surface area (Å²) in [6, 6.07) is 14.6. The van der Waals surface area contributed by atoms with E-state index in [1.807, 2.05) is 48.7 Å². The lowest BCUT2D eigenvalue weighted by atomic mass is 10.1. The molecule has 0 unspecified atom stereocenters. The first-order valence-electron chi connectivity index (χ1n) is 13.0. The Hall–Kier alpha value is -3.20. The fourth-order valence-corrected chi connectivity index (χ4v) is 5.41.